The van der Waals surface area contributed by atoms with Crippen LogP contribution in [0.5, 0.6) is 0 Å². The predicted molar refractivity (Wildman–Crippen MR) is 42.4 cm³/mol. The molecule has 0 amide bonds. The number of hydrogen-bond acceptors (Lipinski definition) is 4. The van der Waals surface area contributed by atoms with Gasteiger partial charge in [0.15, 0.2) is 5.92 Å². The second-order valence-electron chi connectivity index (χ2n) is 2.23. The quantitative estimate of drug-likeness (QED) is 0.290. The second kappa shape index (κ2) is 8.53. The van der Waals surface area contributed by atoms with Crippen LogP contribution in [0.15, 0.2) is 0 Å². The predicted octanol–water partition coefficient (Wildman–Crippen LogP) is -2.25. The molecule has 0 unspecified atom stereocenters. The van der Waals surface area contributed by atoms with Gasteiger partial charge in [-0.25, -0.2) is 0 Å². The van der Waals surface area contributed by atoms with Gasteiger partial charge in [0.25, 0.3) is 0 Å². The van der Waals surface area contributed by atoms with Crippen LogP contribution < -0.4 is 29.6 Å². The molecule has 70 valence electrons. The Morgan fingerprint density at radius 3 is 1.62 bits per heavy atom. The first-order valence-corrected chi connectivity index (χ1v) is 3.96. The number of ether oxygens (including phenoxy) is 2. The van der Waals surface area contributed by atoms with Crippen molar-refractivity contribution in [2.75, 3.05) is 13.2 Å². The van der Waals surface area contributed by atoms with Crippen molar-refractivity contribution in [1.29, 1.82) is 0 Å². The van der Waals surface area contributed by atoms with E-state index in [9.17, 15) is 9.59 Å². The van der Waals surface area contributed by atoms with Crippen molar-refractivity contribution in [3.05, 3.63) is 0 Å². The molecule has 0 N–H and O–H groups in total. The van der Waals surface area contributed by atoms with Crippen molar-refractivity contribution < 1.29 is 48.6 Å². The maximum absolute atomic E-state index is 10.9. The summed E-state index contributed by atoms with van der Waals surface area (Å²) < 4.78 is 9.26. The van der Waals surface area contributed by atoms with E-state index in [1.165, 1.54) is 6.92 Å². The van der Waals surface area contributed by atoms with E-state index in [1.54, 1.807) is 13.8 Å². The molecule has 0 saturated heterocycles. The monoisotopic (exact) mass is 197 g/mol. The van der Waals surface area contributed by atoms with Gasteiger partial charge >= 0.3 is 41.5 Å². The Balaban J connectivity index is 0. The van der Waals surface area contributed by atoms with Gasteiger partial charge in [-0.2, -0.15) is 0 Å². The van der Waals surface area contributed by atoms with Crippen LogP contribution in [0.2, 0.25) is 0 Å². The van der Waals surface area contributed by atoms with E-state index in [-0.39, 0.29) is 42.8 Å². The molecular formula is C8H14NaO4+. The summed E-state index contributed by atoms with van der Waals surface area (Å²) in [5, 5.41) is 0. The largest absolute Gasteiger partial charge is 1.00 e. The summed E-state index contributed by atoms with van der Waals surface area (Å²) in [4.78, 5) is 21.9. The summed E-state index contributed by atoms with van der Waals surface area (Å²) in [6.45, 7) is 5.41. The summed E-state index contributed by atoms with van der Waals surface area (Å²) in [6.07, 6.45) is 0. The standard InChI is InChI=1S/C8H14O4.Na/c1-4-11-7(9)6(3)8(10)12-5-2;/h6H,4-5H2,1-3H3;/q;+1. The van der Waals surface area contributed by atoms with Crippen LogP contribution in [0, 0.1) is 5.92 Å². The van der Waals surface area contributed by atoms with Crippen LogP contribution in [0.4, 0.5) is 0 Å². The summed E-state index contributed by atoms with van der Waals surface area (Å²) in [6, 6.07) is 0. The Morgan fingerprint density at radius 2 is 1.38 bits per heavy atom. The molecule has 0 aromatic rings. The van der Waals surface area contributed by atoms with Gasteiger partial charge in [0.1, 0.15) is 0 Å². The third-order valence-corrected chi connectivity index (χ3v) is 1.28. The van der Waals surface area contributed by atoms with E-state index in [1.807, 2.05) is 0 Å². The van der Waals surface area contributed by atoms with Gasteiger partial charge in [0.05, 0.1) is 13.2 Å². The molecule has 0 spiro atoms. The zero-order valence-electron chi connectivity index (χ0n) is 8.62. The molecule has 0 aliphatic carbocycles. The first-order valence-electron chi connectivity index (χ1n) is 3.96. The maximum atomic E-state index is 10.9. The van der Waals surface area contributed by atoms with Gasteiger partial charge in [-0.05, 0) is 20.8 Å². The van der Waals surface area contributed by atoms with Crippen LogP contribution in [0.1, 0.15) is 20.8 Å². The Hall–Kier alpha value is -0.0600. The summed E-state index contributed by atoms with van der Waals surface area (Å²) in [7, 11) is 0. The molecule has 0 aromatic heterocycles. The van der Waals surface area contributed by atoms with Gasteiger partial charge < -0.3 is 9.47 Å². The van der Waals surface area contributed by atoms with Crippen LogP contribution in [0.25, 0.3) is 0 Å². The smallest absolute Gasteiger partial charge is 0.465 e. The molecule has 0 aliphatic heterocycles. The van der Waals surface area contributed by atoms with Gasteiger partial charge in [-0.15, -0.1) is 0 Å². The van der Waals surface area contributed by atoms with Crippen LogP contribution in [-0.2, 0) is 19.1 Å². The van der Waals surface area contributed by atoms with E-state index < -0.39 is 17.9 Å². The topological polar surface area (TPSA) is 52.6 Å². The number of carbonyl (C=O) groups excluding carboxylic acids is 2. The zero-order chi connectivity index (χ0) is 9.56. The fourth-order valence-corrected chi connectivity index (χ4v) is 0.631. The zero-order valence-corrected chi connectivity index (χ0v) is 10.6. The molecule has 0 atom stereocenters. The number of carbonyl (C=O) groups is 2. The van der Waals surface area contributed by atoms with E-state index in [0.29, 0.717) is 0 Å². The van der Waals surface area contributed by atoms with Crippen LogP contribution in [0.3, 0.4) is 0 Å². The SMILES string of the molecule is CCOC(=O)C(C)C(=O)OCC.[Na+]. The second-order valence-corrected chi connectivity index (χ2v) is 2.23. The minimum atomic E-state index is -0.815. The van der Waals surface area contributed by atoms with E-state index >= 15 is 0 Å². The number of rotatable bonds is 4. The van der Waals surface area contributed by atoms with Crippen molar-refractivity contribution in [2.24, 2.45) is 5.92 Å². The first-order chi connectivity index (χ1) is 5.63. The summed E-state index contributed by atoms with van der Waals surface area (Å²) in [5.41, 5.74) is 0. The van der Waals surface area contributed by atoms with Crippen LogP contribution >= 0.6 is 0 Å². The minimum absolute atomic E-state index is 0. The summed E-state index contributed by atoms with van der Waals surface area (Å²) in [5.74, 6) is -1.88. The minimum Gasteiger partial charge on any atom is -0.465 e. The van der Waals surface area contributed by atoms with Crippen LogP contribution in [-0.4, -0.2) is 25.2 Å². The molecular weight excluding hydrogens is 183 g/mol. The molecule has 0 rings (SSSR count). The van der Waals surface area contributed by atoms with Gasteiger partial charge in [0, 0.05) is 0 Å². The van der Waals surface area contributed by atoms with Crippen molar-refractivity contribution in [3.63, 3.8) is 0 Å². The molecule has 5 heteroatoms. The molecule has 4 nitrogen and oxygen atoms in total. The Morgan fingerprint density at radius 1 is 1.08 bits per heavy atom. The molecule has 0 bridgehead atoms. The van der Waals surface area contributed by atoms with Gasteiger partial charge in [0.2, 0.25) is 0 Å². The Kier molecular flexibility index (Phi) is 10.1. The van der Waals surface area contributed by atoms with Crippen molar-refractivity contribution in [2.45, 2.75) is 20.8 Å². The molecule has 0 aliphatic rings. The van der Waals surface area contributed by atoms with E-state index in [0.717, 1.165) is 0 Å². The number of esters is 2. The van der Waals surface area contributed by atoms with E-state index in [2.05, 4.69) is 9.47 Å². The third kappa shape index (κ3) is 6.07. The fourth-order valence-electron chi connectivity index (χ4n) is 0.631. The summed E-state index contributed by atoms with van der Waals surface area (Å²) >= 11 is 0. The Labute approximate surface area is 100 Å². The molecule has 0 saturated carbocycles. The Bertz CT molecular complexity index is 152. The third-order valence-electron chi connectivity index (χ3n) is 1.28. The average Bonchev–Trinajstić information content (AvgIpc) is 2.04. The molecule has 0 fully saturated rings. The van der Waals surface area contributed by atoms with E-state index in [4.69, 9.17) is 0 Å². The van der Waals surface area contributed by atoms with Gasteiger partial charge in [-0.1, -0.05) is 0 Å². The maximum Gasteiger partial charge on any atom is 1.00 e. The number of hydrogen-bond donors (Lipinski definition) is 0. The first kappa shape index (κ1) is 15.4. The molecule has 0 radical (unpaired) electrons. The van der Waals surface area contributed by atoms with Crippen molar-refractivity contribution in [3.8, 4) is 0 Å². The van der Waals surface area contributed by atoms with Crippen molar-refractivity contribution >= 4 is 11.9 Å². The normalized spacial score (nSPS) is 8.92. The van der Waals surface area contributed by atoms with Gasteiger partial charge in [-0.3, -0.25) is 9.59 Å². The molecule has 0 aromatic carbocycles. The molecule has 0 heterocycles. The fraction of sp³-hybridized carbons (Fsp3) is 0.750. The average molecular weight is 197 g/mol. The van der Waals surface area contributed by atoms with Crippen molar-refractivity contribution in [1.82, 2.24) is 0 Å². The molecule has 13 heavy (non-hydrogen) atoms.